The number of rotatable bonds is 1. The average Bonchev–Trinajstić information content (AvgIpc) is 2.81. The maximum Gasteiger partial charge on any atom is 0.268 e. The summed E-state index contributed by atoms with van der Waals surface area (Å²) in [6.45, 7) is 1.74. The first-order valence-electron chi connectivity index (χ1n) is 7.12. The highest BCUT2D eigenvalue weighted by Crippen LogP contribution is 2.36. The molecule has 1 aromatic heterocycles. The number of amides is 2. The van der Waals surface area contributed by atoms with Gasteiger partial charge in [0.1, 0.15) is 0 Å². The van der Waals surface area contributed by atoms with Gasteiger partial charge in [0, 0.05) is 5.39 Å². The van der Waals surface area contributed by atoms with Crippen molar-refractivity contribution in [3.05, 3.63) is 70.4 Å². The first-order chi connectivity index (χ1) is 11.1. The quantitative estimate of drug-likeness (QED) is 0.636. The predicted molar refractivity (Wildman–Crippen MR) is 89.1 cm³/mol. The van der Waals surface area contributed by atoms with E-state index in [0.717, 1.165) is 4.90 Å². The summed E-state index contributed by atoms with van der Waals surface area (Å²) in [5, 5.41) is 1.04. The van der Waals surface area contributed by atoms with Crippen molar-refractivity contribution in [2.24, 2.45) is 0 Å². The van der Waals surface area contributed by atoms with E-state index in [4.69, 9.17) is 11.6 Å². The molecule has 0 unspecified atom stereocenters. The van der Waals surface area contributed by atoms with Gasteiger partial charge in [0.15, 0.2) is 0 Å². The Bertz CT molecular complexity index is 997. The molecule has 2 heterocycles. The van der Waals surface area contributed by atoms with Crippen molar-refractivity contribution in [3.8, 4) is 0 Å². The molecule has 0 radical (unpaired) electrons. The molecule has 1 aliphatic heterocycles. The molecule has 0 aliphatic carbocycles. The van der Waals surface area contributed by atoms with Gasteiger partial charge < -0.3 is 0 Å². The molecular formula is C18H11ClN2O2. The Morgan fingerprint density at radius 3 is 2.35 bits per heavy atom. The fourth-order valence-electron chi connectivity index (χ4n) is 2.99. The van der Waals surface area contributed by atoms with Crippen molar-refractivity contribution in [2.75, 3.05) is 4.90 Å². The standard InChI is InChI=1S/C18H11ClN2O2/c1-10-15-16(11-6-2-4-8-13(11)20-10)18(23)21(17(15)22)14-9-5-3-7-12(14)19/h2-9H,1H3. The summed E-state index contributed by atoms with van der Waals surface area (Å²) in [4.78, 5) is 31.4. The lowest BCUT2D eigenvalue weighted by molar-refractivity contribution is 0.0926. The van der Waals surface area contributed by atoms with Gasteiger partial charge >= 0.3 is 0 Å². The van der Waals surface area contributed by atoms with Crippen LogP contribution in [-0.2, 0) is 0 Å². The van der Waals surface area contributed by atoms with Gasteiger partial charge in [-0.25, -0.2) is 4.90 Å². The van der Waals surface area contributed by atoms with Gasteiger partial charge in [-0.05, 0) is 25.1 Å². The third-order valence-corrected chi connectivity index (χ3v) is 4.32. The van der Waals surface area contributed by atoms with E-state index in [2.05, 4.69) is 4.98 Å². The number of carbonyl (C=O) groups is 2. The molecule has 0 bridgehead atoms. The zero-order valence-corrected chi connectivity index (χ0v) is 13.0. The number of anilines is 1. The number of pyridine rings is 1. The van der Waals surface area contributed by atoms with Gasteiger partial charge in [0.2, 0.25) is 0 Å². The van der Waals surface area contributed by atoms with E-state index in [1.165, 1.54) is 0 Å². The third-order valence-electron chi connectivity index (χ3n) is 4.00. The molecule has 0 saturated heterocycles. The van der Waals surface area contributed by atoms with Crippen molar-refractivity contribution in [1.82, 2.24) is 4.98 Å². The van der Waals surface area contributed by atoms with Crippen molar-refractivity contribution < 1.29 is 9.59 Å². The lowest BCUT2D eigenvalue weighted by Gasteiger charge is -2.15. The molecule has 1 aliphatic rings. The monoisotopic (exact) mass is 322 g/mol. The number of nitrogens with zero attached hydrogens (tertiary/aromatic N) is 2. The minimum Gasteiger partial charge on any atom is -0.268 e. The van der Waals surface area contributed by atoms with Gasteiger partial charge in [0.05, 0.1) is 33.0 Å². The van der Waals surface area contributed by atoms with Crippen LogP contribution in [-0.4, -0.2) is 16.8 Å². The highest BCUT2D eigenvalue weighted by molar-refractivity contribution is 6.41. The minimum atomic E-state index is -0.381. The summed E-state index contributed by atoms with van der Waals surface area (Å²) in [6.07, 6.45) is 0. The van der Waals surface area contributed by atoms with Crippen LogP contribution in [0, 0.1) is 6.92 Å². The number of aromatic nitrogens is 1. The third kappa shape index (κ3) is 1.88. The number of hydrogen-bond acceptors (Lipinski definition) is 3. The first kappa shape index (κ1) is 13.9. The second kappa shape index (κ2) is 4.89. The summed E-state index contributed by atoms with van der Waals surface area (Å²) in [5.74, 6) is -0.742. The van der Waals surface area contributed by atoms with Crippen LogP contribution in [0.1, 0.15) is 26.4 Å². The van der Waals surface area contributed by atoms with Crippen LogP contribution in [0.3, 0.4) is 0 Å². The Balaban J connectivity index is 2.02. The number of hydrogen-bond donors (Lipinski definition) is 0. The predicted octanol–water partition coefficient (Wildman–Crippen LogP) is 4.00. The summed E-state index contributed by atoms with van der Waals surface area (Å²) < 4.78 is 0. The van der Waals surface area contributed by atoms with Gasteiger partial charge in [-0.15, -0.1) is 0 Å². The molecular weight excluding hydrogens is 312 g/mol. The zero-order valence-electron chi connectivity index (χ0n) is 12.2. The molecule has 4 nitrogen and oxygen atoms in total. The van der Waals surface area contributed by atoms with Crippen molar-refractivity contribution in [3.63, 3.8) is 0 Å². The first-order valence-corrected chi connectivity index (χ1v) is 7.50. The Labute approximate surface area is 137 Å². The fourth-order valence-corrected chi connectivity index (χ4v) is 3.21. The summed E-state index contributed by atoms with van der Waals surface area (Å²) in [7, 11) is 0. The smallest absolute Gasteiger partial charge is 0.268 e. The van der Waals surface area contributed by atoms with Gasteiger partial charge in [-0.1, -0.05) is 41.9 Å². The summed E-state index contributed by atoms with van der Waals surface area (Å²) in [6, 6.07) is 14.1. The lowest BCUT2D eigenvalue weighted by atomic mass is 10.0. The van der Waals surface area contributed by atoms with Gasteiger partial charge in [-0.3, -0.25) is 14.6 Å². The van der Waals surface area contributed by atoms with E-state index >= 15 is 0 Å². The maximum absolute atomic E-state index is 12.9. The number of imide groups is 1. The molecule has 5 heteroatoms. The maximum atomic E-state index is 12.9. The molecule has 112 valence electrons. The number of para-hydroxylation sites is 2. The number of halogens is 1. The fraction of sp³-hybridized carbons (Fsp3) is 0.0556. The summed E-state index contributed by atoms with van der Waals surface area (Å²) >= 11 is 6.17. The molecule has 0 fully saturated rings. The van der Waals surface area contributed by atoms with E-state index in [9.17, 15) is 9.59 Å². The van der Waals surface area contributed by atoms with Crippen molar-refractivity contribution >= 4 is 40.0 Å². The van der Waals surface area contributed by atoms with Crippen LogP contribution < -0.4 is 4.90 Å². The largest absolute Gasteiger partial charge is 0.268 e. The van der Waals surface area contributed by atoms with Gasteiger partial charge in [0.25, 0.3) is 11.8 Å². The van der Waals surface area contributed by atoms with E-state index in [0.29, 0.717) is 38.4 Å². The zero-order chi connectivity index (χ0) is 16.1. The normalized spacial score (nSPS) is 13.7. The van der Waals surface area contributed by atoms with Crippen molar-refractivity contribution in [2.45, 2.75) is 6.92 Å². The number of benzene rings is 2. The van der Waals surface area contributed by atoms with E-state index in [1.54, 1.807) is 31.2 Å². The Hall–Kier alpha value is -2.72. The molecule has 0 atom stereocenters. The lowest BCUT2D eigenvalue weighted by Crippen LogP contribution is -2.29. The number of fused-ring (bicyclic) bond motifs is 3. The Kier molecular flexibility index (Phi) is 2.96. The molecule has 2 aromatic carbocycles. The van der Waals surface area contributed by atoms with Crippen LogP contribution in [0.2, 0.25) is 5.02 Å². The highest BCUT2D eigenvalue weighted by atomic mass is 35.5. The Morgan fingerprint density at radius 2 is 1.57 bits per heavy atom. The number of aryl methyl sites for hydroxylation is 1. The SMILES string of the molecule is Cc1nc2ccccc2c2c1C(=O)N(c1ccccc1Cl)C2=O. The van der Waals surface area contributed by atoms with Crippen LogP contribution in [0.4, 0.5) is 5.69 Å². The van der Waals surface area contributed by atoms with Gasteiger partial charge in [-0.2, -0.15) is 0 Å². The molecule has 23 heavy (non-hydrogen) atoms. The van der Waals surface area contributed by atoms with E-state index < -0.39 is 0 Å². The van der Waals surface area contributed by atoms with Crippen LogP contribution in [0.5, 0.6) is 0 Å². The molecule has 2 amide bonds. The average molecular weight is 323 g/mol. The second-order valence-corrected chi connectivity index (χ2v) is 5.77. The highest BCUT2D eigenvalue weighted by Gasteiger charge is 2.40. The Morgan fingerprint density at radius 1 is 0.913 bits per heavy atom. The topological polar surface area (TPSA) is 50.3 Å². The summed E-state index contributed by atoms with van der Waals surface area (Å²) in [5.41, 5.74) is 2.40. The van der Waals surface area contributed by atoms with E-state index in [1.807, 2.05) is 24.3 Å². The van der Waals surface area contributed by atoms with Crippen molar-refractivity contribution in [1.29, 1.82) is 0 Å². The molecule has 0 saturated carbocycles. The second-order valence-electron chi connectivity index (χ2n) is 5.36. The molecule has 0 N–H and O–H groups in total. The molecule has 4 rings (SSSR count). The minimum absolute atomic E-state index is 0.355. The molecule has 0 spiro atoms. The van der Waals surface area contributed by atoms with Crippen LogP contribution in [0.25, 0.3) is 10.9 Å². The van der Waals surface area contributed by atoms with Crippen LogP contribution in [0.15, 0.2) is 48.5 Å². The van der Waals surface area contributed by atoms with Crippen LogP contribution >= 0.6 is 11.6 Å². The van der Waals surface area contributed by atoms with E-state index in [-0.39, 0.29) is 11.8 Å². The number of carbonyl (C=O) groups excluding carboxylic acids is 2. The molecule has 3 aromatic rings.